The van der Waals surface area contributed by atoms with E-state index in [4.69, 9.17) is 4.74 Å². The normalized spacial score (nSPS) is 12.1. The fourth-order valence-corrected chi connectivity index (χ4v) is 1.68. The molecule has 1 amide bonds. The summed E-state index contributed by atoms with van der Waals surface area (Å²) in [7, 11) is 0. The van der Waals surface area contributed by atoms with Gasteiger partial charge in [-0.2, -0.15) is 23.0 Å². The first-order valence-corrected chi connectivity index (χ1v) is 6.50. The molecule has 2 aromatic heterocycles. The molecule has 2 rings (SSSR count). The lowest BCUT2D eigenvalue weighted by Crippen LogP contribution is -2.28. The first kappa shape index (κ1) is 16.7. The van der Waals surface area contributed by atoms with Crippen molar-refractivity contribution in [3.05, 3.63) is 30.4 Å². The molecule has 124 valence electrons. The molecule has 0 fully saturated rings. The Morgan fingerprint density at radius 1 is 1.22 bits per heavy atom. The van der Waals surface area contributed by atoms with Crippen molar-refractivity contribution < 1.29 is 22.7 Å². The molecule has 0 aliphatic heterocycles. The van der Waals surface area contributed by atoms with Gasteiger partial charge in [-0.1, -0.05) is 0 Å². The van der Waals surface area contributed by atoms with Gasteiger partial charge in [0.25, 0.3) is 5.95 Å². The van der Waals surface area contributed by atoms with Gasteiger partial charge in [0, 0.05) is 12.4 Å². The number of aromatic nitrogens is 4. The highest BCUT2D eigenvalue weighted by atomic mass is 19.4. The van der Waals surface area contributed by atoms with E-state index in [0.29, 0.717) is 4.68 Å². The molecule has 0 atom stereocenters. The number of halogens is 3. The number of ether oxygens (including phenoxy) is 1. The SMILES string of the molecule is CC(C)(C)OC(=O)Nc1cnn(-c2ncccn2)c1C(F)(F)F. The van der Waals surface area contributed by atoms with Crippen molar-refractivity contribution in [2.24, 2.45) is 0 Å². The number of carbonyl (C=O) groups excluding carboxylic acids is 1. The van der Waals surface area contributed by atoms with Crippen molar-refractivity contribution in [3.8, 4) is 5.95 Å². The second-order valence-electron chi connectivity index (χ2n) is 5.49. The zero-order valence-corrected chi connectivity index (χ0v) is 12.5. The molecule has 0 radical (unpaired) electrons. The molecule has 10 heteroatoms. The molecule has 2 aromatic rings. The second kappa shape index (κ2) is 5.86. The summed E-state index contributed by atoms with van der Waals surface area (Å²) in [6, 6.07) is 1.46. The molecule has 0 saturated carbocycles. The fourth-order valence-electron chi connectivity index (χ4n) is 1.68. The van der Waals surface area contributed by atoms with E-state index in [1.807, 2.05) is 5.32 Å². The molecule has 23 heavy (non-hydrogen) atoms. The summed E-state index contributed by atoms with van der Waals surface area (Å²) in [5.74, 6) is -0.267. The Bertz CT molecular complexity index is 692. The van der Waals surface area contributed by atoms with E-state index >= 15 is 0 Å². The van der Waals surface area contributed by atoms with E-state index in [1.54, 1.807) is 20.8 Å². The van der Waals surface area contributed by atoms with Crippen molar-refractivity contribution in [3.63, 3.8) is 0 Å². The standard InChI is InChI=1S/C13H14F3N5O2/c1-12(2,3)23-11(22)20-8-7-19-21(9(8)13(14,15)16)10-17-5-4-6-18-10/h4-7H,1-3H3,(H,20,22). The summed E-state index contributed by atoms with van der Waals surface area (Å²) >= 11 is 0. The number of alkyl halides is 3. The Labute approximate surface area is 129 Å². The van der Waals surface area contributed by atoms with E-state index in [0.717, 1.165) is 6.20 Å². The minimum Gasteiger partial charge on any atom is -0.444 e. The van der Waals surface area contributed by atoms with Crippen LogP contribution in [0.3, 0.4) is 0 Å². The van der Waals surface area contributed by atoms with E-state index in [1.165, 1.54) is 18.5 Å². The van der Waals surface area contributed by atoms with Crippen LogP contribution in [0.4, 0.5) is 23.7 Å². The van der Waals surface area contributed by atoms with Gasteiger partial charge in [-0.3, -0.25) is 5.32 Å². The Morgan fingerprint density at radius 2 is 1.83 bits per heavy atom. The number of nitrogens with zero attached hydrogens (tertiary/aromatic N) is 4. The minimum atomic E-state index is -4.78. The molecule has 1 N–H and O–H groups in total. The number of anilines is 1. The van der Waals surface area contributed by atoms with Crippen LogP contribution in [-0.2, 0) is 10.9 Å². The summed E-state index contributed by atoms with van der Waals surface area (Å²) in [4.78, 5) is 19.1. The second-order valence-corrected chi connectivity index (χ2v) is 5.49. The van der Waals surface area contributed by atoms with Crippen molar-refractivity contribution in [2.45, 2.75) is 32.5 Å². The lowest BCUT2D eigenvalue weighted by Gasteiger charge is -2.20. The van der Waals surface area contributed by atoms with E-state index in [2.05, 4.69) is 15.1 Å². The van der Waals surface area contributed by atoms with Crippen LogP contribution in [0.25, 0.3) is 5.95 Å². The summed E-state index contributed by atoms with van der Waals surface area (Å²) in [5, 5.41) is 5.65. The topological polar surface area (TPSA) is 81.9 Å². The van der Waals surface area contributed by atoms with Gasteiger partial charge in [-0.15, -0.1) is 0 Å². The lowest BCUT2D eigenvalue weighted by molar-refractivity contribution is -0.142. The molecule has 2 heterocycles. The quantitative estimate of drug-likeness (QED) is 0.916. The van der Waals surface area contributed by atoms with Gasteiger partial charge in [0.1, 0.15) is 5.60 Å². The maximum absolute atomic E-state index is 13.3. The molecular formula is C13H14F3N5O2. The fraction of sp³-hybridized carbons (Fsp3) is 0.385. The number of hydrogen-bond acceptors (Lipinski definition) is 5. The van der Waals surface area contributed by atoms with Gasteiger partial charge in [0.2, 0.25) is 0 Å². The van der Waals surface area contributed by atoms with Gasteiger partial charge in [0.15, 0.2) is 5.69 Å². The Hall–Kier alpha value is -2.65. The summed E-state index contributed by atoms with van der Waals surface area (Å²) in [6.07, 6.45) is -2.36. The van der Waals surface area contributed by atoms with Gasteiger partial charge in [0.05, 0.1) is 11.9 Å². The zero-order chi connectivity index (χ0) is 17.3. The predicted octanol–water partition coefficient (Wildman–Crippen LogP) is 3.03. The molecule has 0 unspecified atom stereocenters. The molecule has 0 aromatic carbocycles. The molecule has 0 saturated heterocycles. The van der Waals surface area contributed by atoms with Crippen molar-refractivity contribution in [1.82, 2.24) is 19.7 Å². The van der Waals surface area contributed by atoms with E-state index < -0.39 is 29.3 Å². The zero-order valence-electron chi connectivity index (χ0n) is 12.5. The van der Waals surface area contributed by atoms with Crippen LogP contribution in [0.2, 0.25) is 0 Å². The maximum atomic E-state index is 13.3. The molecule has 7 nitrogen and oxygen atoms in total. The van der Waals surface area contributed by atoms with Crippen LogP contribution < -0.4 is 5.32 Å². The van der Waals surface area contributed by atoms with Crippen LogP contribution in [0.1, 0.15) is 26.5 Å². The van der Waals surface area contributed by atoms with Crippen LogP contribution in [0.15, 0.2) is 24.7 Å². The molecule has 0 spiro atoms. The minimum absolute atomic E-state index is 0.267. The smallest absolute Gasteiger partial charge is 0.435 e. The first-order chi connectivity index (χ1) is 10.6. The third kappa shape index (κ3) is 4.18. The highest BCUT2D eigenvalue weighted by molar-refractivity contribution is 5.85. The molecule has 0 aliphatic carbocycles. The number of amides is 1. The Morgan fingerprint density at radius 3 is 2.35 bits per heavy atom. The van der Waals surface area contributed by atoms with Crippen LogP contribution in [0, 0.1) is 0 Å². The van der Waals surface area contributed by atoms with Gasteiger partial charge in [-0.25, -0.2) is 14.8 Å². The van der Waals surface area contributed by atoms with Crippen LogP contribution in [-0.4, -0.2) is 31.4 Å². The van der Waals surface area contributed by atoms with Gasteiger partial charge >= 0.3 is 12.3 Å². The Balaban J connectivity index is 2.38. The third-order valence-electron chi connectivity index (χ3n) is 2.41. The third-order valence-corrected chi connectivity index (χ3v) is 2.41. The van der Waals surface area contributed by atoms with Crippen molar-refractivity contribution in [2.75, 3.05) is 5.32 Å². The Kier molecular flexibility index (Phi) is 4.26. The van der Waals surface area contributed by atoms with E-state index in [-0.39, 0.29) is 5.95 Å². The largest absolute Gasteiger partial charge is 0.444 e. The monoisotopic (exact) mass is 329 g/mol. The van der Waals surface area contributed by atoms with Gasteiger partial charge in [-0.05, 0) is 26.8 Å². The average molecular weight is 329 g/mol. The number of hydrogen-bond donors (Lipinski definition) is 1. The van der Waals surface area contributed by atoms with Crippen LogP contribution >= 0.6 is 0 Å². The van der Waals surface area contributed by atoms with Crippen molar-refractivity contribution >= 4 is 11.8 Å². The highest BCUT2D eigenvalue weighted by Crippen LogP contribution is 2.35. The van der Waals surface area contributed by atoms with Crippen LogP contribution in [0.5, 0.6) is 0 Å². The number of nitrogens with one attached hydrogen (secondary N) is 1. The average Bonchev–Trinajstić information content (AvgIpc) is 2.81. The maximum Gasteiger partial charge on any atom is 0.435 e. The summed E-state index contributed by atoms with van der Waals surface area (Å²) < 4.78 is 45.4. The van der Waals surface area contributed by atoms with Gasteiger partial charge < -0.3 is 4.74 Å². The molecule has 0 aliphatic rings. The number of carbonyl (C=O) groups is 1. The number of rotatable bonds is 2. The van der Waals surface area contributed by atoms with E-state index in [9.17, 15) is 18.0 Å². The van der Waals surface area contributed by atoms with Crippen molar-refractivity contribution in [1.29, 1.82) is 0 Å². The predicted molar refractivity (Wildman–Crippen MR) is 74.0 cm³/mol. The highest BCUT2D eigenvalue weighted by Gasteiger charge is 2.40. The lowest BCUT2D eigenvalue weighted by atomic mass is 10.2. The first-order valence-electron chi connectivity index (χ1n) is 6.50. The molecule has 0 bridgehead atoms. The summed E-state index contributed by atoms with van der Waals surface area (Å²) in [6.45, 7) is 4.79. The summed E-state index contributed by atoms with van der Waals surface area (Å²) in [5.41, 5.74) is -2.59. The molecular weight excluding hydrogens is 315 g/mol.